The number of carbonyl (C=O) groups excluding carboxylic acids is 3. The predicted octanol–water partition coefficient (Wildman–Crippen LogP) is 2.28. The van der Waals surface area contributed by atoms with Gasteiger partial charge in [0.15, 0.2) is 0 Å². The molecule has 2 amide bonds. The summed E-state index contributed by atoms with van der Waals surface area (Å²) in [5.74, 6) is -0.249. The molecule has 0 bridgehead atoms. The van der Waals surface area contributed by atoms with Crippen molar-refractivity contribution in [1.82, 2.24) is 14.8 Å². The van der Waals surface area contributed by atoms with Gasteiger partial charge in [-0.1, -0.05) is 0 Å². The zero-order chi connectivity index (χ0) is 19.6. The number of ether oxygens (including phenoxy) is 1. The lowest BCUT2D eigenvalue weighted by molar-refractivity contribution is -0.135. The number of nitrogens with one attached hydrogen (secondary N) is 1. The van der Waals surface area contributed by atoms with Gasteiger partial charge < -0.3 is 19.5 Å². The van der Waals surface area contributed by atoms with Crippen molar-refractivity contribution >= 4 is 17.8 Å². The molecule has 3 rings (SSSR count). The number of piperidine rings is 1. The van der Waals surface area contributed by atoms with Crippen molar-refractivity contribution < 1.29 is 19.1 Å². The fraction of sp³-hybridized carbons (Fsp3) is 0.650. The van der Waals surface area contributed by atoms with Gasteiger partial charge in [0.2, 0.25) is 5.91 Å². The van der Waals surface area contributed by atoms with Gasteiger partial charge in [0.1, 0.15) is 5.69 Å². The zero-order valence-corrected chi connectivity index (χ0v) is 16.5. The summed E-state index contributed by atoms with van der Waals surface area (Å²) in [6.45, 7) is 8.47. The predicted molar refractivity (Wildman–Crippen MR) is 101 cm³/mol. The van der Waals surface area contributed by atoms with Crippen molar-refractivity contribution in [1.29, 1.82) is 0 Å². The molecule has 0 saturated carbocycles. The second-order valence-corrected chi connectivity index (χ2v) is 7.44. The van der Waals surface area contributed by atoms with Gasteiger partial charge in [0, 0.05) is 37.8 Å². The first kappa shape index (κ1) is 19.5. The molecule has 0 unspecified atom stereocenters. The Balaban J connectivity index is 1.65. The molecule has 2 fully saturated rings. The van der Waals surface area contributed by atoms with Crippen molar-refractivity contribution in [2.24, 2.45) is 5.92 Å². The highest BCUT2D eigenvalue weighted by atomic mass is 16.5. The molecule has 27 heavy (non-hydrogen) atoms. The lowest BCUT2D eigenvalue weighted by atomic mass is 9.95. The van der Waals surface area contributed by atoms with Crippen molar-refractivity contribution in [2.45, 2.75) is 46.5 Å². The molecular weight excluding hydrogens is 346 g/mol. The van der Waals surface area contributed by atoms with Crippen LogP contribution < -0.4 is 0 Å². The molecule has 0 atom stereocenters. The quantitative estimate of drug-likeness (QED) is 0.819. The van der Waals surface area contributed by atoms with E-state index < -0.39 is 5.97 Å². The Bertz CT molecular complexity index is 726. The van der Waals surface area contributed by atoms with E-state index in [0.717, 1.165) is 25.9 Å². The molecule has 1 aromatic rings. The van der Waals surface area contributed by atoms with E-state index in [2.05, 4.69) is 4.98 Å². The normalized spacial score (nSPS) is 18.0. The lowest BCUT2D eigenvalue weighted by Gasteiger charge is -2.33. The Labute approximate surface area is 160 Å². The number of H-pyrrole nitrogens is 1. The summed E-state index contributed by atoms with van der Waals surface area (Å²) in [7, 11) is 0. The first-order valence-electron chi connectivity index (χ1n) is 9.88. The minimum absolute atomic E-state index is 0.0220. The topological polar surface area (TPSA) is 82.7 Å². The number of hydrogen-bond donors (Lipinski definition) is 1. The van der Waals surface area contributed by atoms with Gasteiger partial charge in [-0.15, -0.1) is 0 Å². The van der Waals surface area contributed by atoms with E-state index in [1.54, 1.807) is 25.7 Å². The number of rotatable bonds is 4. The molecule has 0 aliphatic carbocycles. The number of esters is 1. The molecule has 2 saturated heterocycles. The average molecular weight is 375 g/mol. The van der Waals surface area contributed by atoms with E-state index in [-0.39, 0.29) is 17.7 Å². The van der Waals surface area contributed by atoms with Crippen LogP contribution in [0.2, 0.25) is 0 Å². The standard InChI is InChI=1S/C20H29N3O4/c1-4-27-20(26)16-13(2)17(21-14(16)3)19(25)23-11-7-15(8-12-23)18(24)22-9-5-6-10-22/h15,21H,4-12H2,1-3H3. The fourth-order valence-electron chi connectivity index (χ4n) is 4.16. The van der Waals surface area contributed by atoms with Crippen LogP contribution >= 0.6 is 0 Å². The van der Waals surface area contributed by atoms with Gasteiger partial charge in [0.25, 0.3) is 5.91 Å². The van der Waals surface area contributed by atoms with Crippen LogP contribution in [0.25, 0.3) is 0 Å². The SMILES string of the molecule is CCOC(=O)c1c(C)[nH]c(C(=O)N2CCC(C(=O)N3CCCC3)CC2)c1C. The van der Waals surface area contributed by atoms with E-state index >= 15 is 0 Å². The molecule has 1 aromatic heterocycles. The Morgan fingerprint density at radius 1 is 1.04 bits per heavy atom. The van der Waals surface area contributed by atoms with Gasteiger partial charge in [-0.05, 0) is 52.0 Å². The number of hydrogen-bond acceptors (Lipinski definition) is 4. The van der Waals surface area contributed by atoms with Crippen LogP contribution in [0.4, 0.5) is 0 Å². The smallest absolute Gasteiger partial charge is 0.340 e. The van der Waals surface area contributed by atoms with Gasteiger partial charge in [-0.2, -0.15) is 0 Å². The summed E-state index contributed by atoms with van der Waals surface area (Å²) in [6, 6.07) is 0. The number of aryl methyl sites for hydroxylation is 1. The molecule has 0 radical (unpaired) electrons. The molecule has 0 spiro atoms. The van der Waals surface area contributed by atoms with Crippen molar-refractivity contribution in [3.63, 3.8) is 0 Å². The van der Waals surface area contributed by atoms with Gasteiger partial charge in [0.05, 0.1) is 12.2 Å². The highest BCUT2D eigenvalue weighted by Crippen LogP contribution is 2.25. The number of likely N-dealkylation sites (tertiary alicyclic amines) is 2. The molecule has 2 aliphatic heterocycles. The number of amides is 2. The van der Waals surface area contributed by atoms with Crippen LogP contribution in [-0.2, 0) is 9.53 Å². The van der Waals surface area contributed by atoms with E-state index in [4.69, 9.17) is 4.74 Å². The van der Waals surface area contributed by atoms with Crippen LogP contribution in [0.15, 0.2) is 0 Å². The molecule has 3 heterocycles. The van der Waals surface area contributed by atoms with Crippen molar-refractivity contribution in [3.8, 4) is 0 Å². The Morgan fingerprint density at radius 3 is 2.26 bits per heavy atom. The van der Waals surface area contributed by atoms with Gasteiger partial charge in [-0.25, -0.2) is 4.79 Å². The van der Waals surface area contributed by atoms with Crippen LogP contribution in [0.3, 0.4) is 0 Å². The molecule has 2 aliphatic rings. The number of aromatic nitrogens is 1. The van der Waals surface area contributed by atoms with E-state index in [0.29, 0.717) is 55.1 Å². The van der Waals surface area contributed by atoms with Crippen molar-refractivity contribution in [2.75, 3.05) is 32.8 Å². The molecular formula is C20H29N3O4. The van der Waals surface area contributed by atoms with E-state index in [9.17, 15) is 14.4 Å². The van der Waals surface area contributed by atoms with Crippen LogP contribution in [0.5, 0.6) is 0 Å². The maximum atomic E-state index is 12.9. The molecule has 148 valence electrons. The van der Waals surface area contributed by atoms with Crippen LogP contribution in [0, 0.1) is 19.8 Å². The number of nitrogens with zero attached hydrogens (tertiary/aromatic N) is 2. The third-order valence-corrected chi connectivity index (χ3v) is 5.68. The number of aromatic amines is 1. The Kier molecular flexibility index (Phi) is 5.87. The zero-order valence-electron chi connectivity index (χ0n) is 16.5. The average Bonchev–Trinajstić information content (AvgIpc) is 3.29. The minimum Gasteiger partial charge on any atom is -0.462 e. The first-order chi connectivity index (χ1) is 12.9. The van der Waals surface area contributed by atoms with Crippen molar-refractivity contribution in [3.05, 3.63) is 22.5 Å². The summed E-state index contributed by atoms with van der Waals surface area (Å²) >= 11 is 0. The van der Waals surface area contributed by atoms with Gasteiger partial charge >= 0.3 is 5.97 Å². The highest BCUT2D eigenvalue weighted by Gasteiger charge is 2.33. The summed E-state index contributed by atoms with van der Waals surface area (Å²) in [5.41, 5.74) is 2.17. The highest BCUT2D eigenvalue weighted by molar-refractivity contribution is 6.00. The van der Waals surface area contributed by atoms with Crippen LogP contribution in [0.1, 0.15) is 64.7 Å². The second kappa shape index (κ2) is 8.15. The monoisotopic (exact) mass is 375 g/mol. The molecule has 7 heteroatoms. The summed E-state index contributed by atoms with van der Waals surface area (Å²) in [5, 5.41) is 0. The maximum absolute atomic E-state index is 12.9. The molecule has 0 aromatic carbocycles. The van der Waals surface area contributed by atoms with Crippen LogP contribution in [-0.4, -0.2) is 65.4 Å². The summed E-state index contributed by atoms with van der Waals surface area (Å²) in [4.78, 5) is 44.4. The van der Waals surface area contributed by atoms with E-state index in [1.165, 1.54) is 0 Å². The molecule has 1 N–H and O–H groups in total. The minimum atomic E-state index is -0.405. The Morgan fingerprint density at radius 2 is 1.67 bits per heavy atom. The number of carbonyl (C=O) groups is 3. The first-order valence-corrected chi connectivity index (χ1v) is 9.88. The Hall–Kier alpha value is -2.31. The second-order valence-electron chi connectivity index (χ2n) is 7.44. The maximum Gasteiger partial charge on any atom is 0.340 e. The molecule has 7 nitrogen and oxygen atoms in total. The van der Waals surface area contributed by atoms with E-state index in [1.807, 2.05) is 4.90 Å². The fourth-order valence-corrected chi connectivity index (χ4v) is 4.16. The largest absolute Gasteiger partial charge is 0.462 e. The van der Waals surface area contributed by atoms with Gasteiger partial charge in [-0.3, -0.25) is 9.59 Å². The third kappa shape index (κ3) is 3.87. The lowest BCUT2D eigenvalue weighted by Crippen LogP contribution is -2.44. The summed E-state index contributed by atoms with van der Waals surface area (Å²) in [6.07, 6.45) is 3.59. The third-order valence-electron chi connectivity index (χ3n) is 5.68. The summed E-state index contributed by atoms with van der Waals surface area (Å²) < 4.78 is 5.09.